The number of phosphoric acid groups is 1. The predicted molar refractivity (Wildman–Crippen MR) is 103 cm³/mol. The molecule has 0 radical (unpaired) electrons. The number of anilines is 1. The van der Waals surface area contributed by atoms with Crippen LogP contribution in [0.2, 0.25) is 0 Å². The van der Waals surface area contributed by atoms with Crippen LogP contribution >= 0.6 is 7.82 Å². The largest absolute Gasteiger partial charge is 0.527 e. The van der Waals surface area contributed by atoms with Crippen molar-refractivity contribution in [3.8, 4) is 5.75 Å². The van der Waals surface area contributed by atoms with Gasteiger partial charge in [-0.1, -0.05) is 12.1 Å². The van der Waals surface area contributed by atoms with Crippen LogP contribution < -0.4 is 15.8 Å². The molecule has 1 aliphatic rings. The molecule has 0 spiro atoms. The van der Waals surface area contributed by atoms with Crippen molar-refractivity contribution < 1.29 is 28.0 Å². The lowest BCUT2D eigenvalue weighted by atomic mass is 9.70. The molecule has 160 valence electrons. The van der Waals surface area contributed by atoms with Crippen molar-refractivity contribution >= 4 is 24.9 Å². The summed E-state index contributed by atoms with van der Waals surface area (Å²) in [7, 11) is -4.62. The number of nitrogens with zero attached hydrogens (tertiary/aromatic N) is 3. The number of fused-ring (bicyclic) bond motifs is 1. The minimum absolute atomic E-state index is 0.0711. The summed E-state index contributed by atoms with van der Waals surface area (Å²) in [6, 6.07) is 4.85. The lowest BCUT2D eigenvalue weighted by Gasteiger charge is -2.44. The second kappa shape index (κ2) is 7.80. The Balaban J connectivity index is 1.52. The van der Waals surface area contributed by atoms with Gasteiger partial charge in [0.2, 0.25) is 5.95 Å². The molecule has 0 amide bonds. The molecular weight excluding hydrogens is 420 g/mol. The van der Waals surface area contributed by atoms with Gasteiger partial charge < -0.3 is 19.9 Å². The highest BCUT2D eigenvalue weighted by Crippen LogP contribution is 2.50. The molecule has 1 saturated carbocycles. The average molecular weight is 439 g/mol. The normalized spacial score (nSPS) is 23.1. The number of nitrogen functional groups attached to an aromatic ring is 1. The summed E-state index contributed by atoms with van der Waals surface area (Å²) in [5.74, 6) is -1.91. The van der Waals surface area contributed by atoms with Gasteiger partial charge in [-0.25, -0.2) is 13.9 Å². The summed E-state index contributed by atoms with van der Waals surface area (Å²) in [6.07, 6.45) is 1.93. The Morgan fingerprint density at radius 1 is 1.40 bits per heavy atom. The van der Waals surface area contributed by atoms with E-state index in [9.17, 15) is 23.7 Å². The van der Waals surface area contributed by atoms with E-state index in [0.29, 0.717) is 6.42 Å². The van der Waals surface area contributed by atoms with Crippen LogP contribution in [-0.4, -0.2) is 42.7 Å². The molecule has 30 heavy (non-hydrogen) atoms. The second-order valence-corrected chi connectivity index (χ2v) is 8.35. The van der Waals surface area contributed by atoms with Gasteiger partial charge in [-0.3, -0.25) is 19.2 Å². The number of aliphatic hydroxyl groups is 1. The van der Waals surface area contributed by atoms with Crippen molar-refractivity contribution in [2.24, 2.45) is 11.8 Å². The van der Waals surface area contributed by atoms with Gasteiger partial charge in [-0.15, -0.1) is 0 Å². The first-order valence-corrected chi connectivity index (χ1v) is 10.5. The molecule has 5 N–H and O–H groups in total. The number of aromatic nitrogens is 4. The van der Waals surface area contributed by atoms with E-state index in [1.807, 2.05) is 0 Å². The zero-order valence-electron chi connectivity index (χ0n) is 15.5. The molecule has 3 aromatic rings. The maximum absolute atomic E-state index is 13.7. The van der Waals surface area contributed by atoms with E-state index < -0.39 is 30.9 Å². The maximum atomic E-state index is 13.7. The van der Waals surface area contributed by atoms with E-state index >= 15 is 0 Å². The molecule has 4 rings (SSSR count). The number of imidazole rings is 1. The van der Waals surface area contributed by atoms with Crippen LogP contribution in [0.15, 0.2) is 35.4 Å². The third-order valence-electron chi connectivity index (χ3n) is 5.17. The fourth-order valence-corrected chi connectivity index (χ4v) is 4.40. The Morgan fingerprint density at radius 3 is 2.90 bits per heavy atom. The maximum Gasteiger partial charge on any atom is 0.527 e. The number of rotatable bonds is 7. The number of H-pyrrole nitrogens is 1. The third kappa shape index (κ3) is 3.82. The number of nitrogens with one attached hydrogen (secondary N) is 1. The number of hydrogen-bond acceptors (Lipinski definition) is 8. The third-order valence-corrected chi connectivity index (χ3v) is 6.07. The molecular formula is C17H19FN5O6P. The van der Waals surface area contributed by atoms with E-state index in [0.717, 1.165) is 6.07 Å². The van der Waals surface area contributed by atoms with Crippen LogP contribution in [0.4, 0.5) is 10.3 Å². The monoisotopic (exact) mass is 439 g/mol. The summed E-state index contributed by atoms with van der Waals surface area (Å²) in [4.78, 5) is 32.5. The van der Waals surface area contributed by atoms with E-state index in [2.05, 4.69) is 15.0 Å². The molecule has 1 aliphatic carbocycles. The zero-order valence-corrected chi connectivity index (χ0v) is 16.4. The number of nitrogens with two attached hydrogens (primary N) is 1. The molecule has 1 aromatic carbocycles. The van der Waals surface area contributed by atoms with Crippen LogP contribution in [-0.2, 0) is 9.09 Å². The highest BCUT2D eigenvalue weighted by atomic mass is 31.2. The standard InChI is InChI=1S/C17H19FN5O6P/c18-11-3-1-2-4-13(11)29-30(26,27)28-7-10-9(6-24)5-12(10)23-8-20-14-15(23)21-17(19)22-16(14)25/h1-4,8-10,12,24H,5-7H2,(H,26,27)(H3,19,21,22,25)/t9-,10+,12-/m1/s1. The Kier molecular flexibility index (Phi) is 5.33. The first-order chi connectivity index (χ1) is 14.3. The quantitative estimate of drug-likeness (QED) is 0.396. The molecule has 4 atom stereocenters. The average Bonchev–Trinajstić information content (AvgIpc) is 3.07. The Hall–Kier alpha value is -2.79. The molecule has 13 heteroatoms. The van der Waals surface area contributed by atoms with Crippen LogP contribution in [0.5, 0.6) is 5.75 Å². The first-order valence-electron chi connectivity index (χ1n) is 9.03. The summed E-state index contributed by atoms with van der Waals surface area (Å²) in [5.41, 5.74) is 5.49. The smallest absolute Gasteiger partial charge is 0.401 e. The van der Waals surface area contributed by atoms with Gasteiger partial charge in [0.1, 0.15) is 0 Å². The first kappa shape index (κ1) is 20.5. The molecule has 2 heterocycles. The molecule has 0 aliphatic heterocycles. The van der Waals surface area contributed by atoms with Crippen molar-refractivity contribution in [1.29, 1.82) is 0 Å². The van der Waals surface area contributed by atoms with E-state index in [4.69, 9.17) is 14.8 Å². The summed E-state index contributed by atoms with van der Waals surface area (Å²) in [6.45, 7) is -0.423. The van der Waals surface area contributed by atoms with Gasteiger partial charge in [0.15, 0.2) is 22.7 Å². The van der Waals surface area contributed by atoms with Gasteiger partial charge in [-0.05, 0) is 24.5 Å². The number of phosphoric ester groups is 1. The molecule has 1 unspecified atom stereocenters. The second-order valence-electron chi connectivity index (χ2n) is 6.97. The molecule has 0 saturated heterocycles. The van der Waals surface area contributed by atoms with Crippen molar-refractivity contribution in [2.45, 2.75) is 12.5 Å². The Labute approximate surface area is 168 Å². The summed E-state index contributed by atoms with van der Waals surface area (Å²) in [5, 5.41) is 9.59. The van der Waals surface area contributed by atoms with Crippen LogP contribution in [0.3, 0.4) is 0 Å². The van der Waals surface area contributed by atoms with Crippen molar-refractivity contribution in [3.63, 3.8) is 0 Å². The van der Waals surface area contributed by atoms with Crippen LogP contribution in [0.1, 0.15) is 12.5 Å². The van der Waals surface area contributed by atoms with Crippen molar-refractivity contribution in [3.05, 3.63) is 46.8 Å². The Morgan fingerprint density at radius 2 is 2.17 bits per heavy atom. The number of aliphatic hydroxyl groups excluding tert-OH is 1. The molecule has 1 fully saturated rings. The predicted octanol–water partition coefficient (Wildman–Crippen LogP) is 1.21. The van der Waals surface area contributed by atoms with Crippen molar-refractivity contribution in [2.75, 3.05) is 18.9 Å². The number of benzene rings is 1. The highest BCUT2D eigenvalue weighted by molar-refractivity contribution is 7.47. The number of hydrogen-bond donors (Lipinski definition) is 4. The fourth-order valence-electron chi connectivity index (χ4n) is 3.59. The molecule has 11 nitrogen and oxygen atoms in total. The fraction of sp³-hybridized carbons (Fsp3) is 0.353. The van der Waals surface area contributed by atoms with Crippen molar-refractivity contribution in [1.82, 2.24) is 19.5 Å². The SMILES string of the molecule is Nc1nc2c(ncn2[C@@H]2C[C@H](CO)[C@@H]2COP(=O)(O)Oc2ccccc2F)c(=O)[nH]1. The number of aromatic amines is 1. The van der Waals surface area contributed by atoms with Gasteiger partial charge >= 0.3 is 7.82 Å². The van der Waals surface area contributed by atoms with Gasteiger partial charge in [0.25, 0.3) is 5.56 Å². The van der Waals surface area contributed by atoms with Gasteiger partial charge in [0.05, 0.1) is 12.9 Å². The lowest BCUT2D eigenvalue weighted by molar-refractivity contribution is -0.00484. The van der Waals surface area contributed by atoms with Gasteiger partial charge in [0, 0.05) is 18.6 Å². The van der Waals surface area contributed by atoms with Gasteiger partial charge in [-0.2, -0.15) is 4.98 Å². The van der Waals surface area contributed by atoms with Crippen LogP contribution in [0.25, 0.3) is 11.2 Å². The Bertz CT molecular complexity index is 1180. The van der Waals surface area contributed by atoms with E-state index in [-0.39, 0.29) is 42.3 Å². The summed E-state index contributed by atoms with van der Waals surface area (Å²) < 4.78 is 37.4. The zero-order chi connectivity index (χ0) is 21.5. The van der Waals surface area contributed by atoms with E-state index in [1.54, 1.807) is 4.57 Å². The minimum atomic E-state index is -4.62. The number of para-hydroxylation sites is 1. The molecule has 2 aromatic heterocycles. The highest BCUT2D eigenvalue weighted by Gasteiger charge is 2.44. The number of halogens is 1. The van der Waals surface area contributed by atoms with Crippen LogP contribution in [0, 0.1) is 17.7 Å². The molecule has 0 bridgehead atoms. The lowest BCUT2D eigenvalue weighted by Crippen LogP contribution is -2.43. The van der Waals surface area contributed by atoms with E-state index in [1.165, 1.54) is 24.5 Å². The minimum Gasteiger partial charge on any atom is -0.401 e. The summed E-state index contributed by atoms with van der Waals surface area (Å²) >= 11 is 0. The topological polar surface area (TPSA) is 166 Å².